The molecule has 7 nitrogen and oxygen atoms in total. The number of unbranched alkanes of at least 4 members (excludes halogenated alkanes) is 5. The van der Waals surface area contributed by atoms with Crippen molar-refractivity contribution in [2.45, 2.75) is 52.4 Å². The summed E-state index contributed by atoms with van der Waals surface area (Å²) in [5, 5.41) is 12.2. The van der Waals surface area contributed by atoms with Crippen LogP contribution in [0.25, 0.3) is 11.7 Å². The molecule has 1 aliphatic rings. The van der Waals surface area contributed by atoms with Crippen LogP contribution in [0.4, 0.5) is 5.82 Å². The van der Waals surface area contributed by atoms with Crippen molar-refractivity contribution >= 4 is 51.7 Å². The third-order valence-electron chi connectivity index (χ3n) is 5.37. The molecule has 9 heteroatoms. The fraction of sp³-hybridized carbons (Fsp3) is 0.478. The van der Waals surface area contributed by atoms with E-state index in [4.69, 9.17) is 12.2 Å². The van der Waals surface area contributed by atoms with Crippen molar-refractivity contribution < 1.29 is 9.90 Å². The number of thiocarbonyl (C=S) groups is 1. The van der Waals surface area contributed by atoms with Gasteiger partial charge in [-0.2, -0.15) is 0 Å². The van der Waals surface area contributed by atoms with E-state index in [2.05, 4.69) is 17.2 Å². The van der Waals surface area contributed by atoms with Gasteiger partial charge in [0.25, 0.3) is 11.5 Å². The predicted octanol–water partition coefficient (Wildman–Crippen LogP) is 3.97. The summed E-state index contributed by atoms with van der Waals surface area (Å²) in [6.07, 6.45) is 10.0. The summed E-state index contributed by atoms with van der Waals surface area (Å²) in [6, 6.07) is 3.67. The monoisotopic (exact) mass is 474 g/mol. The van der Waals surface area contributed by atoms with Crippen molar-refractivity contribution in [3.05, 3.63) is 44.7 Å². The van der Waals surface area contributed by atoms with Crippen LogP contribution in [0, 0.1) is 6.92 Å². The quantitative estimate of drug-likeness (QED) is 0.289. The maximum absolute atomic E-state index is 13.2. The third-order valence-corrected chi connectivity index (χ3v) is 6.75. The Balaban J connectivity index is 1.86. The highest BCUT2D eigenvalue weighted by Crippen LogP contribution is 2.33. The minimum Gasteiger partial charge on any atom is -0.395 e. The number of nitrogens with zero attached hydrogens (tertiary/aromatic N) is 3. The molecule has 3 heterocycles. The van der Waals surface area contributed by atoms with E-state index in [0.29, 0.717) is 27.2 Å². The van der Waals surface area contributed by atoms with E-state index in [1.807, 2.05) is 13.0 Å². The number of aliphatic hydroxyl groups is 1. The molecule has 0 aliphatic carbocycles. The average Bonchev–Trinajstić information content (AvgIpc) is 3.04. The number of nitrogens with one attached hydrogen (secondary N) is 1. The molecule has 2 aromatic rings. The number of hydrogen-bond acceptors (Lipinski definition) is 7. The van der Waals surface area contributed by atoms with E-state index in [1.54, 1.807) is 23.2 Å². The van der Waals surface area contributed by atoms with Gasteiger partial charge < -0.3 is 10.4 Å². The molecular weight excluding hydrogens is 444 g/mol. The number of thioether (sulfide) groups is 1. The Morgan fingerprint density at radius 2 is 1.97 bits per heavy atom. The van der Waals surface area contributed by atoms with Crippen LogP contribution in [-0.2, 0) is 4.79 Å². The summed E-state index contributed by atoms with van der Waals surface area (Å²) in [5.41, 5.74) is 1.39. The Morgan fingerprint density at radius 1 is 1.22 bits per heavy atom. The molecule has 0 aromatic carbocycles. The van der Waals surface area contributed by atoms with Crippen LogP contribution in [-0.4, -0.2) is 49.3 Å². The molecule has 32 heavy (non-hydrogen) atoms. The van der Waals surface area contributed by atoms with E-state index < -0.39 is 0 Å². The third kappa shape index (κ3) is 5.57. The highest BCUT2D eigenvalue weighted by Gasteiger charge is 2.32. The molecule has 2 aromatic heterocycles. The molecule has 172 valence electrons. The van der Waals surface area contributed by atoms with Gasteiger partial charge in [-0.05, 0) is 31.1 Å². The molecule has 1 saturated heterocycles. The van der Waals surface area contributed by atoms with E-state index in [-0.39, 0.29) is 30.2 Å². The molecular formula is C23H30N4O3S2. The second-order valence-corrected chi connectivity index (χ2v) is 9.49. The second kappa shape index (κ2) is 11.6. The topological polar surface area (TPSA) is 86.9 Å². The number of rotatable bonds is 11. The molecule has 1 aliphatic heterocycles. The first-order valence-electron chi connectivity index (χ1n) is 11.1. The number of pyridine rings is 1. The highest BCUT2D eigenvalue weighted by molar-refractivity contribution is 8.26. The van der Waals surface area contributed by atoms with Gasteiger partial charge in [-0.15, -0.1) is 0 Å². The minimum absolute atomic E-state index is 0.103. The van der Waals surface area contributed by atoms with Crippen molar-refractivity contribution in [2.75, 3.05) is 25.0 Å². The van der Waals surface area contributed by atoms with Crippen LogP contribution in [0.5, 0.6) is 0 Å². The summed E-state index contributed by atoms with van der Waals surface area (Å²) in [7, 11) is 0. The van der Waals surface area contributed by atoms with Crippen molar-refractivity contribution in [1.82, 2.24) is 14.3 Å². The standard InChI is InChI=1S/C23H30N4O3S2/c1-3-4-5-6-7-8-12-27-22(30)18(32-23(27)31)15-17-19(24-11-14-28)25-20-16(2)10-9-13-26(20)21(17)29/h9-10,13,15,24,28H,3-8,11-12,14H2,1-2H3/b18-15-. The normalized spacial score (nSPS) is 15.3. The molecule has 1 fully saturated rings. The maximum atomic E-state index is 13.2. The fourth-order valence-electron chi connectivity index (χ4n) is 3.62. The average molecular weight is 475 g/mol. The first-order valence-corrected chi connectivity index (χ1v) is 12.3. The number of aromatic nitrogens is 2. The van der Waals surface area contributed by atoms with Crippen molar-refractivity contribution in [2.24, 2.45) is 0 Å². The number of fused-ring (bicyclic) bond motifs is 1. The van der Waals surface area contributed by atoms with Gasteiger partial charge in [0.05, 0.1) is 17.1 Å². The van der Waals surface area contributed by atoms with Crippen molar-refractivity contribution in [3.63, 3.8) is 0 Å². The lowest BCUT2D eigenvalue weighted by atomic mass is 10.1. The number of carbonyl (C=O) groups is 1. The molecule has 0 saturated carbocycles. The lowest BCUT2D eigenvalue weighted by molar-refractivity contribution is -0.122. The van der Waals surface area contributed by atoms with E-state index in [9.17, 15) is 14.7 Å². The van der Waals surface area contributed by atoms with Gasteiger partial charge in [0.15, 0.2) is 0 Å². The van der Waals surface area contributed by atoms with Crippen LogP contribution in [0.15, 0.2) is 28.0 Å². The second-order valence-electron chi connectivity index (χ2n) is 7.82. The molecule has 0 spiro atoms. The zero-order valence-corrected chi connectivity index (χ0v) is 20.2. The summed E-state index contributed by atoms with van der Waals surface area (Å²) >= 11 is 6.65. The van der Waals surface area contributed by atoms with Crippen molar-refractivity contribution in [1.29, 1.82) is 0 Å². The predicted molar refractivity (Wildman–Crippen MR) is 135 cm³/mol. The number of amides is 1. The van der Waals surface area contributed by atoms with Gasteiger partial charge in [0.2, 0.25) is 0 Å². The van der Waals surface area contributed by atoms with Crippen molar-refractivity contribution in [3.8, 4) is 0 Å². The zero-order valence-electron chi connectivity index (χ0n) is 18.6. The lowest BCUT2D eigenvalue weighted by Gasteiger charge is -2.14. The van der Waals surface area contributed by atoms with Crippen LogP contribution < -0.4 is 10.9 Å². The fourth-order valence-corrected chi connectivity index (χ4v) is 4.92. The van der Waals surface area contributed by atoms with Crippen LogP contribution in [0.3, 0.4) is 0 Å². The molecule has 0 radical (unpaired) electrons. The van der Waals surface area contributed by atoms with Gasteiger partial charge in [-0.25, -0.2) is 4.98 Å². The first-order chi connectivity index (χ1) is 15.5. The van der Waals surface area contributed by atoms with Crippen LogP contribution in [0.1, 0.15) is 56.6 Å². The van der Waals surface area contributed by atoms with Gasteiger partial charge in [0.1, 0.15) is 15.8 Å². The molecule has 0 bridgehead atoms. The number of hydrogen-bond donors (Lipinski definition) is 2. The van der Waals surface area contributed by atoms with Crippen LogP contribution >= 0.6 is 24.0 Å². The van der Waals surface area contributed by atoms with E-state index in [0.717, 1.165) is 24.8 Å². The maximum Gasteiger partial charge on any atom is 0.267 e. The highest BCUT2D eigenvalue weighted by atomic mass is 32.2. The summed E-state index contributed by atoms with van der Waals surface area (Å²) < 4.78 is 1.99. The van der Waals surface area contributed by atoms with E-state index >= 15 is 0 Å². The Morgan fingerprint density at radius 3 is 2.72 bits per heavy atom. The molecule has 0 unspecified atom stereocenters. The molecule has 3 rings (SSSR count). The Kier molecular flexibility index (Phi) is 8.84. The molecule has 2 N–H and O–H groups in total. The summed E-state index contributed by atoms with van der Waals surface area (Å²) in [6.45, 7) is 4.81. The minimum atomic E-state index is -0.277. The Hall–Kier alpha value is -2.23. The largest absolute Gasteiger partial charge is 0.395 e. The summed E-state index contributed by atoms with van der Waals surface area (Å²) in [5.74, 6) is 0.176. The smallest absolute Gasteiger partial charge is 0.267 e. The van der Waals surface area contributed by atoms with Gasteiger partial charge in [-0.1, -0.05) is 69.1 Å². The van der Waals surface area contributed by atoms with E-state index in [1.165, 1.54) is 35.4 Å². The number of carbonyl (C=O) groups excluding carboxylic acids is 1. The number of aliphatic hydroxyl groups excluding tert-OH is 1. The van der Waals surface area contributed by atoms with Gasteiger partial charge in [0, 0.05) is 19.3 Å². The molecule has 0 atom stereocenters. The van der Waals surface area contributed by atoms with Crippen LogP contribution in [0.2, 0.25) is 0 Å². The lowest BCUT2D eigenvalue weighted by Crippen LogP contribution is -2.29. The van der Waals surface area contributed by atoms with Gasteiger partial charge >= 0.3 is 0 Å². The summed E-state index contributed by atoms with van der Waals surface area (Å²) in [4.78, 5) is 32.9. The zero-order chi connectivity index (χ0) is 23.1. The number of anilines is 1. The number of aryl methyl sites for hydroxylation is 1. The molecule has 1 amide bonds. The first kappa shape index (κ1) is 24.4. The Bertz CT molecular complexity index is 1080. The Labute approximate surface area is 197 Å². The van der Waals surface area contributed by atoms with Gasteiger partial charge in [-0.3, -0.25) is 18.9 Å². The SMILES string of the molecule is CCCCCCCCN1C(=O)/C(=C/c2c(NCCO)nc3c(C)cccn3c2=O)SC1=S.